The molecule has 11 heavy (non-hydrogen) atoms. The molecule has 2 rings (SSSR count). The van der Waals surface area contributed by atoms with E-state index in [9.17, 15) is 5.11 Å². The minimum Gasteiger partial charge on any atom is -0.393 e. The van der Waals surface area contributed by atoms with Crippen molar-refractivity contribution in [1.29, 1.82) is 0 Å². The number of aliphatic hydroxyl groups is 1. The maximum Gasteiger partial charge on any atom is 0.151 e. The van der Waals surface area contributed by atoms with E-state index in [0.717, 1.165) is 4.68 Å². The van der Waals surface area contributed by atoms with Gasteiger partial charge in [0.15, 0.2) is 5.82 Å². The van der Waals surface area contributed by atoms with Crippen LogP contribution in [-0.4, -0.2) is 31.4 Å². The molecule has 0 aromatic carbocycles. The predicted molar refractivity (Wildman–Crippen MR) is 36.8 cm³/mol. The molecule has 5 heteroatoms. The lowest BCUT2D eigenvalue weighted by Gasteiger charge is -2.02. The largest absolute Gasteiger partial charge is 0.393 e. The Morgan fingerprint density at radius 2 is 2.55 bits per heavy atom. The molecule has 1 atom stereocenters. The molecule has 0 fully saturated rings. The molecule has 1 aromatic rings. The van der Waals surface area contributed by atoms with Crippen LogP contribution in [0, 0.1) is 0 Å². The van der Waals surface area contributed by atoms with Gasteiger partial charge in [-0.1, -0.05) is 0 Å². The zero-order valence-corrected chi connectivity index (χ0v) is 5.73. The molecule has 1 aliphatic heterocycles. The molecular formula is C6H10N4O. The smallest absolute Gasteiger partial charge is 0.151 e. The fraction of sp³-hybridized carbons (Fsp3) is 0.833. The van der Waals surface area contributed by atoms with Gasteiger partial charge in [-0.25, -0.2) is 4.68 Å². The highest BCUT2D eigenvalue weighted by molar-refractivity contribution is 4.84. The van der Waals surface area contributed by atoms with Crippen LogP contribution in [0.15, 0.2) is 0 Å². The lowest BCUT2D eigenvalue weighted by atomic mass is 10.2. The van der Waals surface area contributed by atoms with Gasteiger partial charge in [0.2, 0.25) is 0 Å². The zero-order valence-electron chi connectivity index (χ0n) is 9.73. The lowest BCUT2D eigenvalue weighted by molar-refractivity contribution is 0.154. The molecule has 1 aromatic heterocycles. The van der Waals surface area contributed by atoms with Crippen molar-refractivity contribution in [2.24, 2.45) is 0 Å². The topological polar surface area (TPSA) is 63.8 Å². The summed E-state index contributed by atoms with van der Waals surface area (Å²) in [6.45, 7) is -1.96. The van der Waals surface area contributed by atoms with E-state index in [2.05, 4.69) is 15.5 Å². The Hall–Kier alpha value is -0.970. The van der Waals surface area contributed by atoms with Crippen LogP contribution in [0.5, 0.6) is 0 Å². The van der Waals surface area contributed by atoms with Crippen molar-refractivity contribution in [3.05, 3.63) is 5.82 Å². The minimum absolute atomic E-state index is 0.177. The van der Waals surface area contributed by atoms with Gasteiger partial charge in [-0.15, -0.1) is 5.10 Å². The highest BCUT2D eigenvalue weighted by Crippen LogP contribution is 2.10. The van der Waals surface area contributed by atoms with E-state index in [1.165, 1.54) is 0 Å². The van der Waals surface area contributed by atoms with Crippen LogP contribution < -0.4 is 0 Å². The second-order valence-electron chi connectivity index (χ2n) is 2.31. The number of aryl methyl sites for hydroxylation is 2. The summed E-state index contributed by atoms with van der Waals surface area (Å²) >= 11 is 0. The maximum absolute atomic E-state index is 9.48. The summed E-state index contributed by atoms with van der Waals surface area (Å²) in [5.74, 6) is -0.177. The molecule has 0 amide bonds. The molecule has 0 radical (unpaired) electrons. The summed E-state index contributed by atoms with van der Waals surface area (Å²) in [6, 6.07) is 0. The Labute approximate surface area is 69.6 Å². The molecule has 0 spiro atoms. The van der Waals surface area contributed by atoms with Crippen molar-refractivity contribution in [1.82, 2.24) is 20.2 Å². The number of fused-ring (bicyclic) bond motifs is 1. The van der Waals surface area contributed by atoms with Gasteiger partial charge in [0.05, 0.1) is 8.85 Å². The first-order chi connectivity index (χ1) is 6.83. The van der Waals surface area contributed by atoms with E-state index < -0.39 is 19.0 Å². The van der Waals surface area contributed by atoms with Crippen molar-refractivity contribution in [2.45, 2.75) is 31.8 Å². The Bertz CT molecular complexity index is 346. The number of hydrogen-bond donors (Lipinski definition) is 1. The zero-order chi connectivity index (χ0) is 11.3. The van der Waals surface area contributed by atoms with E-state index in [-0.39, 0.29) is 18.7 Å². The minimum atomic E-state index is -1.96. The van der Waals surface area contributed by atoms with Gasteiger partial charge in [-0.05, 0) is 23.3 Å². The molecule has 1 N–H and O–H groups in total. The van der Waals surface area contributed by atoms with Crippen molar-refractivity contribution >= 4 is 0 Å². The summed E-state index contributed by atoms with van der Waals surface area (Å²) in [5, 5.41) is 19.6. The summed E-state index contributed by atoms with van der Waals surface area (Å²) in [7, 11) is 0. The SMILES string of the molecule is [2H]C1([2H])CC(O)CC([2H])([2H])n2nnnc21. The molecule has 0 saturated heterocycles. The van der Waals surface area contributed by atoms with Gasteiger partial charge < -0.3 is 5.11 Å². The van der Waals surface area contributed by atoms with Crippen molar-refractivity contribution in [3.8, 4) is 0 Å². The molecule has 60 valence electrons. The highest BCUT2D eigenvalue weighted by atomic mass is 16.3. The fourth-order valence-electron chi connectivity index (χ4n) is 0.877. The van der Waals surface area contributed by atoms with E-state index in [1.54, 1.807) is 0 Å². The number of tetrazole rings is 1. The van der Waals surface area contributed by atoms with Gasteiger partial charge >= 0.3 is 0 Å². The maximum atomic E-state index is 9.48. The number of rotatable bonds is 0. The quantitative estimate of drug-likeness (QED) is 0.546. The average molecular weight is 158 g/mol. The van der Waals surface area contributed by atoms with Gasteiger partial charge in [-0.3, -0.25) is 0 Å². The monoisotopic (exact) mass is 158 g/mol. The van der Waals surface area contributed by atoms with E-state index in [0.29, 0.717) is 0 Å². The summed E-state index contributed by atoms with van der Waals surface area (Å²) in [5.41, 5.74) is 0. The Balaban J connectivity index is 2.55. The van der Waals surface area contributed by atoms with Crippen LogP contribution in [0.25, 0.3) is 0 Å². The van der Waals surface area contributed by atoms with Crippen LogP contribution in [0.4, 0.5) is 0 Å². The van der Waals surface area contributed by atoms with E-state index in [4.69, 9.17) is 5.48 Å². The van der Waals surface area contributed by atoms with Crippen molar-refractivity contribution in [3.63, 3.8) is 0 Å². The number of aromatic nitrogens is 4. The second-order valence-corrected chi connectivity index (χ2v) is 2.31. The Kier molecular flexibility index (Phi) is 0.848. The molecular weight excluding hydrogens is 144 g/mol. The molecule has 0 saturated carbocycles. The van der Waals surface area contributed by atoms with Crippen molar-refractivity contribution < 1.29 is 10.6 Å². The first-order valence-corrected chi connectivity index (χ1v) is 3.30. The molecule has 1 aliphatic rings. The Morgan fingerprint density at radius 1 is 1.64 bits per heavy atom. The second kappa shape index (κ2) is 2.58. The van der Waals surface area contributed by atoms with Crippen LogP contribution in [-0.2, 0) is 12.9 Å². The van der Waals surface area contributed by atoms with Crippen LogP contribution in [0.1, 0.15) is 24.1 Å². The molecule has 1 unspecified atom stereocenters. The van der Waals surface area contributed by atoms with Gasteiger partial charge in [0.1, 0.15) is 0 Å². The van der Waals surface area contributed by atoms with Gasteiger partial charge in [0, 0.05) is 15.6 Å². The predicted octanol–water partition coefficient (Wildman–Crippen LogP) is -0.630. The number of hydrogen-bond acceptors (Lipinski definition) is 4. The lowest BCUT2D eigenvalue weighted by Crippen LogP contribution is -2.07. The summed E-state index contributed by atoms with van der Waals surface area (Å²) < 4.78 is 31.4. The third kappa shape index (κ3) is 1.23. The van der Waals surface area contributed by atoms with Crippen molar-refractivity contribution in [2.75, 3.05) is 0 Å². The van der Waals surface area contributed by atoms with E-state index >= 15 is 0 Å². The Morgan fingerprint density at radius 3 is 3.45 bits per heavy atom. The molecule has 0 bridgehead atoms. The first-order valence-electron chi connectivity index (χ1n) is 5.30. The van der Waals surface area contributed by atoms with Gasteiger partial charge in [0.25, 0.3) is 0 Å². The van der Waals surface area contributed by atoms with Crippen LogP contribution in [0.2, 0.25) is 0 Å². The van der Waals surface area contributed by atoms with Gasteiger partial charge in [-0.2, -0.15) is 0 Å². The molecule has 5 nitrogen and oxygen atoms in total. The summed E-state index contributed by atoms with van der Waals surface area (Å²) in [4.78, 5) is 0. The number of nitrogens with zero attached hydrogens (tertiary/aromatic N) is 4. The van der Waals surface area contributed by atoms with Crippen LogP contribution in [0.3, 0.4) is 0 Å². The fourth-order valence-corrected chi connectivity index (χ4v) is 0.877. The first kappa shape index (κ1) is 3.62. The third-order valence-electron chi connectivity index (χ3n) is 1.44. The molecule has 2 heterocycles. The normalized spacial score (nSPS) is 38.8. The average Bonchev–Trinajstić information content (AvgIpc) is 2.45. The number of aliphatic hydroxyl groups excluding tert-OH is 1. The standard InChI is InChI=1S/C6H10N4O/c11-5-1-2-6-7-8-9-10(6)4-3-5/h5,11H,1-4H2/i2D2,4D2. The highest BCUT2D eigenvalue weighted by Gasteiger charge is 2.15. The van der Waals surface area contributed by atoms with E-state index in [1.807, 2.05) is 0 Å². The summed E-state index contributed by atoms with van der Waals surface area (Å²) in [6.07, 6.45) is -3.39. The third-order valence-corrected chi connectivity index (χ3v) is 1.44. The molecule has 0 aliphatic carbocycles. The van der Waals surface area contributed by atoms with Crippen LogP contribution >= 0.6 is 0 Å².